The van der Waals surface area contributed by atoms with Crippen LogP contribution in [0.3, 0.4) is 0 Å². The molecule has 0 saturated heterocycles. The first-order valence-electron chi connectivity index (χ1n) is 10.3. The Morgan fingerprint density at radius 2 is 1.55 bits per heavy atom. The van der Waals surface area contributed by atoms with Gasteiger partial charge in [0.15, 0.2) is 0 Å². The van der Waals surface area contributed by atoms with Gasteiger partial charge in [0.25, 0.3) is 11.8 Å². The van der Waals surface area contributed by atoms with E-state index in [4.69, 9.17) is 5.10 Å². The van der Waals surface area contributed by atoms with E-state index in [1.165, 1.54) is 30.3 Å². The van der Waals surface area contributed by atoms with E-state index in [2.05, 4.69) is 10.9 Å². The second kappa shape index (κ2) is 10.2. The second-order valence-corrected chi connectivity index (χ2v) is 7.24. The molecule has 2 amide bonds. The predicted molar refractivity (Wildman–Crippen MR) is 124 cm³/mol. The number of hydrogen-bond acceptors (Lipinski definition) is 3. The highest BCUT2D eigenvalue weighted by molar-refractivity contribution is 5.98. The Kier molecular flexibility index (Phi) is 6.70. The lowest BCUT2D eigenvalue weighted by atomic mass is 10.1. The van der Waals surface area contributed by atoms with E-state index in [-0.39, 0.29) is 5.56 Å². The van der Waals surface area contributed by atoms with Crippen molar-refractivity contribution in [2.75, 3.05) is 0 Å². The van der Waals surface area contributed by atoms with Crippen LogP contribution in [0.2, 0.25) is 0 Å². The van der Waals surface area contributed by atoms with E-state index in [9.17, 15) is 14.0 Å². The van der Waals surface area contributed by atoms with Crippen molar-refractivity contribution in [1.82, 2.24) is 20.6 Å². The zero-order valence-electron chi connectivity index (χ0n) is 17.6. The molecule has 1 heterocycles. The summed E-state index contributed by atoms with van der Waals surface area (Å²) in [5, 5.41) is 4.70. The molecule has 2 N–H and O–H groups in total. The van der Waals surface area contributed by atoms with E-state index in [0.29, 0.717) is 6.54 Å². The topological polar surface area (TPSA) is 76.0 Å². The van der Waals surface area contributed by atoms with Crippen molar-refractivity contribution in [3.05, 3.63) is 120 Å². The van der Waals surface area contributed by atoms with E-state index >= 15 is 0 Å². The number of halogens is 1. The lowest BCUT2D eigenvalue weighted by Gasteiger charge is -2.05. The van der Waals surface area contributed by atoms with Crippen LogP contribution in [0.25, 0.3) is 17.3 Å². The Labute approximate surface area is 190 Å². The number of aromatic nitrogens is 2. The van der Waals surface area contributed by atoms with Crippen LogP contribution in [0.1, 0.15) is 21.5 Å². The molecule has 0 aliphatic carbocycles. The quantitative estimate of drug-likeness (QED) is 0.348. The van der Waals surface area contributed by atoms with Crippen molar-refractivity contribution in [2.45, 2.75) is 6.54 Å². The van der Waals surface area contributed by atoms with E-state index in [1.807, 2.05) is 71.5 Å². The normalized spacial score (nSPS) is 10.8. The monoisotopic (exact) mass is 440 g/mol. The summed E-state index contributed by atoms with van der Waals surface area (Å²) in [6, 6.07) is 25.1. The van der Waals surface area contributed by atoms with Crippen molar-refractivity contribution in [1.29, 1.82) is 0 Å². The molecule has 0 spiro atoms. The fourth-order valence-corrected chi connectivity index (χ4v) is 3.27. The van der Waals surface area contributed by atoms with E-state index < -0.39 is 17.6 Å². The van der Waals surface area contributed by atoms with Crippen LogP contribution in [0, 0.1) is 5.82 Å². The number of benzene rings is 3. The van der Waals surface area contributed by atoms with Gasteiger partial charge >= 0.3 is 0 Å². The van der Waals surface area contributed by atoms with Gasteiger partial charge in [0, 0.05) is 23.4 Å². The summed E-state index contributed by atoms with van der Waals surface area (Å²) in [5.74, 6) is -1.97. The van der Waals surface area contributed by atoms with Crippen molar-refractivity contribution in [2.24, 2.45) is 0 Å². The third-order valence-electron chi connectivity index (χ3n) is 4.86. The number of carbonyl (C=O) groups excluding carboxylic acids is 2. The first kappa shape index (κ1) is 21.7. The van der Waals surface area contributed by atoms with Crippen LogP contribution in [0.4, 0.5) is 4.39 Å². The van der Waals surface area contributed by atoms with Gasteiger partial charge in [-0.25, -0.2) is 4.39 Å². The predicted octanol–water partition coefficient (Wildman–Crippen LogP) is 4.21. The van der Waals surface area contributed by atoms with Crippen molar-refractivity contribution in [3.63, 3.8) is 0 Å². The average molecular weight is 440 g/mol. The first-order chi connectivity index (χ1) is 16.1. The Morgan fingerprint density at radius 1 is 0.879 bits per heavy atom. The molecule has 0 unspecified atom stereocenters. The zero-order chi connectivity index (χ0) is 23.0. The van der Waals surface area contributed by atoms with Gasteiger partial charge in [-0.2, -0.15) is 5.10 Å². The summed E-state index contributed by atoms with van der Waals surface area (Å²) in [7, 11) is 0. The fraction of sp³-hybridized carbons (Fsp3) is 0.0385. The van der Waals surface area contributed by atoms with Crippen LogP contribution >= 0.6 is 0 Å². The van der Waals surface area contributed by atoms with Gasteiger partial charge in [-0.3, -0.25) is 25.1 Å². The maximum absolute atomic E-state index is 13.7. The van der Waals surface area contributed by atoms with Gasteiger partial charge in [-0.1, -0.05) is 72.8 Å². The van der Waals surface area contributed by atoms with Crippen molar-refractivity contribution in [3.8, 4) is 11.3 Å². The molecule has 0 atom stereocenters. The molecule has 4 rings (SSSR count). The molecule has 0 radical (unpaired) electrons. The zero-order valence-corrected chi connectivity index (χ0v) is 17.6. The standard InChI is InChI=1S/C26H21FN4O2/c27-23-14-8-7-13-22(23)26(33)29-28-24(32)16-15-21-18-31(17-19-9-3-1-4-10-19)30-25(21)20-11-5-2-6-12-20/h1-16,18H,17H2,(H,28,32)(H,29,33)/b16-15+. The number of hydrazine groups is 1. The van der Waals surface area contributed by atoms with Gasteiger partial charge in [-0.15, -0.1) is 0 Å². The molecule has 6 nitrogen and oxygen atoms in total. The lowest BCUT2D eigenvalue weighted by molar-refractivity contribution is -0.117. The third kappa shape index (κ3) is 5.59. The summed E-state index contributed by atoms with van der Waals surface area (Å²) >= 11 is 0. The summed E-state index contributed by atoms with van der Waals surface area (Å²) in [5.41, 5.74) is 7.80. The minimum absolute atomic E-state index is 0.157. The Hall–Kier alpha value is -4.52. The average Bonchev–Trinajstić information content (AvgIpc) is 3.25. The van der Waals surface area contributed by atoms with Gasteiger partial charge in [0.1, 0.15) is 5.82 Å². The minimum Gasteiger partial charge on any atom is -0.268 e. The largest absolute Gasteiger partial charge is 0.272 e. The lowest BCUT2D eigenvalue weighted by Crippen LogP contribution is -2.41. The van der Waals surface area contributed by atoms with Gasteiger partial charge in [-0.05, 0) is 23.8 Å². The molecule has 0 aliphatic rings. The van der Waals surface area contributed by atoms with Crippen LogP contribution in [0.5, 0.6) is 0 Å². The second-order valence-electron chi connectivity index (χ2n) is 7.24. The van der Waals surface area contributed by atoms with Gasteiger partial charge in [0.05, 0.1) is 17.8 Å². The first-order valence-corrected chi connectivity index (χ1v) is 10.3. The molecular formula is C26H21FN4O2. The smallest absolute Gasteiger partial charge is 0.268 e. The molecule has 4 aromatic rings. The maximum Gasteiger partial charge on any atom is 0.272 e. The molecular weight excluding hydrogens is 419 g/mol. The molecule has 33 heavy (non-hydrogen) atoms. The molecule has 0 saturated carbocycles. The molecule has 0 aliphatic heterocycles. The summed E-state index contributed by atoms with van der Waals surface area (Å²) < 4.78 is 15.5. The highest BCUT2D eigenvalue weighted by Crippen LogP contribution is 2.23. The summed E-state index contributed by atoms with van der Waals surface area (Å²) in [6.07, 6.45) is 4.77. The van der Waals surface area contributed by atoms with Gasteiger partial charge in [0.2, 0.25) is 0 Å². The van der Waals surface area contributed by atoms with Gasteiger partial charge < -0.3 is 0 Å². The maximum atomic E-state index is 13.7. The molecule has 3 aromatic carbocycles. The van der Waals surface area contributed by atoms with Crippen LogP contribution in [0.15, 0.2) is 97.2 Å². The Balaban J connectivity index is 1.49. The Morgan fingerprint density at radius 3 is 2.27 bits per heavy atom. The minimum atomic E-state index is -0.740. The highest BCUT2D eigenvalue weighted by atomic mass is 19.1. The van der Waals surface area contributed by atoms with E-state index in [0.717, 1.165) is 22.4 Å². The number of nitrogens with zero attached hydrogens (tertiary/aromatic N) is 2. The fourth-order valence-electron chi connectivity index (χ4n) is 3.27. The molecule has 0 bridgehead atoms. The van der Waals surface area contributed by atoms with Crippen molar-refractivity contribution >= 4 is 17.9 Å². The van der Waals surface area contributed by atoms with Crippen molar-refractivity contribution < 1.29 is 14.0 Å². The molecule has 0 fully saturated rings. The third-order valence-corrected chi connectivity index (χ3v) is 4.86. The number of rotatable bonds is 6. The molecule has 1 aromatic heterocycles. The highest BCUT2D eigenvalue weighted by Gasteiger charge is 2.12. The van der Waals surface area contributed by atoms with E-state index in [1.54, 1.807) is 6.08 Å². The number of hydrogen-bond donors (Lipinski definition) is 2. The van der Waals surface area contributed by atoms with Crippen LogP contribution < -0.4 is 10.9 Å². The molecule has 164 valence electrons. The number of nitrogens with one attached hydrogen (secondary N) is 2. The summed E-state index contributed by atoms with van der Waals surface area (Å²) in [6.45, 7) is 0.583. The molecule has 7 heteroatoms. The summed E-state index contributed by atoms with van der Waals surface area (Å²) in [4.78, 5) is 24.3. The SMILES string of the molecule is O=C(/C=C/c1cn(Cc2ccccc2)nc1-c1ccccc1)NNC(=O)c1ccccc1F. The number of amides is 2. The van der Waals surface area contributed by atoms with Crippen LogP contribution in [-0.4, -0.2) is 21.6 Å². The van der Waals surface area contributed by atoms with Crippen LogP contribution in [-0.2, 0) is 11.3 Å². The Bertz CT molecular complexity index is 1280. The number of carbonyl (C=O) groups is 2.